The smallest absolute Gasteiger partial charge is 0.293 e. The molecule has 0 radical (unpaired) electrons. The zero-order valence-electron chi connectivity index (χ0n) is 17.0. The van der Waals surface area contributed by atoms with Crippen molar-refractivity contribution in [1.82, 2.24) is 4.90 Å². The number of carbonyl (C=O) groups is 4. The number of carbonyl (C=O) groups excluding carboxylic acids is 4. The molecule has 32 heavy (non-hydrogen) atoms. The number of nitrogens with one attached hydrogen (secondary N) is 1. The van der Waals surface area contributed by atoms with Crippen LogP contribution >= 0.6 is 0 Å². The molecule has 2 aliphatic rings. The Hall–Kier alpha value is -4.20. The van der Waals surface area contributed by atoms with Crippen LogP contribution in [0.15, 0.2) is 65.3 Å². The van der Waals surface area contributed by atoms with Gasteiger partial charge in [0.15, 0.2) is 5.76 Å². The third kappa shape index (κ3) is 3.35. The Morgan fingerprint density at radius 2 is 1.72 bits per heavy atom. The van der Waals surface area contributed by atoms with Gasteiger partial charge in [-0.2, -0.15) is 0 Å². The van der Waals surface area contributed by atoms with E-state index in [-0.39, 0.29) is 18.2 Å². The number of hydrogen-bond donors (Lipinski definition) is 1. The van der Waals surface area contributed by atoms with Crippen molar-refractivity contribution < 1.29 is 23.6 Å². The minimum absolute atomic E-state index is 0.210. The topological polar surface area (TPSA) is 99.9 Å². The molecule has 0 atom stereocenters. The standard InChI is InChI=1S/C24H19N3O5/c28-21(14-27-22(29)17-6-1-2-7-18(17)23(27)30)25-16-9-10-19-15(13-16)5-3-11-26(19)24(31)20-8-4-12-32-20/h1-2,4,6-10,12-13H,3,5,11,14H2,(H,25,28). The summed E-state index contributed by atoms with van der Waals surface area (Å²) in [7, 11) is 0. The lowest BCUT2D eigenvalue weighted by Crippen LogP contribution is -2.37. The van der Waals surface area contributed by atoms with Gasteiger partial charge in [-0.15, -0.1) is 0 Å². The summed E-state index contributed by atoms with van der Waals surface area (Å²) >= 11 is 0. The lowest BCUT2D eigenvalue weighted by molar-refractivity contribution is -0.116. The molecular formula is C24H19N3O5. The number of nitrogens with zero attached hydrogens (tertiary/aromatic N) is 2. The van der Waals surface area contributed by atoms with Gasteiger partial charge in [0.05, 0.1) is 17.4 Å². The van der Waals surface area contributed by atoms with Gasteiger partial charge in [0.2, 0.25) is 5.91 Å². The number of benzene rings is 2. The molecule has 3 heterocycles. The van der Waals surface area contributed by atoms with E-state index in [0.29, 0.717) is 23.4 Å². The van der Waals surface area contributed by atoms with Crippen LogP contribution in [0.5, 0.6) is 0 Å². The Kier molecular flexibility index (Phi) is 4.82. The van der Waals surface area contributed by atoms with E-state index >= 15 is 0 Å². The zero-order chi connectivity index (χ0) is 22.2. The van der Waals surface area contributed by atoms with Gasteiger partial charge in [0.1, 0.15) is 6.54 Å². The lowest BCUT2D eigenvalue weighted by atomic mass is 10.0. The molecule has 0 bridgehead atoms. The van der Waals surface area contributed by atoms with Gasteiger partial charge >= 0.3 is 0 Å². The van der Waals surface area contributed by atoms with Crippen LogP contribution in [0.4, 0.5) is 11.4 Å². The Bertz CT molecular complexity index is 1210. The van der Waals surface area contributed by atoms with E-state index in [1.165, 1.54) is 6.26 Å². The molecule has 8 nitrogen and oxygen atoms in total. The molecule has 2 aromatic carbocycles. The summed E-state index contributed by atoms with van der Waals surface area (Å²) in [4.78, 5) is 52.8. The van der Waals surface area contributed by atoms with E-state index in [0.717, 1.165) is 29.0 Å². The van der Waals surface area contributed by atoms with Gasteiger partial charge in [-0.05, 0) is 60.9 Å². The number of aryl methyl sites for hydroxylation is 1. The van der Waals surface area contributed by atoms with Crippen molar-refractivity contribution in [2.45, 2.75) is 12.8 Å². The third-order valence-corrected chi connectivity index (χ3v) is 5.64. The number of furan rings is 1. The highest BCUT2D eigenvalue weighted by Crippen LogP contribution is 2.31. The zero-order valence-corrected chi connectivity index (χ0v) is 17.0. The van der Waals surface area contributed by atoms with Crippen LogP contribution in [0.2, 0.25) is 0 Å². The summed E-state index contributed by atoms with van der Waals surface area (Å²) < 4.78 is 5.24. The van der Waals surface area contributed by atoms with E-state index in [1.54, 1.807) is 53.4 Å². The fourth-order valence-corrected chi connectivity index (χ4v) is 4.15. The maximum Gasteiger partial charge on any atom is 0.293 e. The average molecular weight is 429 g/mol. The first-order valence-electron chi connectivity index (χ1n) is 10.3. The second kappa shape index (κ2) is 7.81. The molecule has 0 spiro atoms. The lowest BCUT2D eigenvalue weighted by Gasteiger charge is -2.29. The monoisotopic (exact) mass is 429 g/mol. The van der Waals surface area contributed by atoms with Crippen LogP contribution in [0.25, 0.3) is 0 Å². The van der Waals surface area contributed by atoms with Crippen molar-refractivity contribution in [3.05, 3.63) is 83.3 Å². The molecule has 0 saturated carbocycles. The van der Waals surface area contributed by atoms with Crippen LogP contribution in [0, 0.1) is 0 Å². The molecule has 5 rings (SSSR count). The van der Waals surface area contributed by atoms with Crippen molar-refractivity contribution in [1.29, 1.82) is 0 Å². The van der Waals surface area contributed by atoms with Gasteiger partial charge in [0.25, 0.3) is 17.7 Å². The van der Waals surface area contributed by atoms with Crippen molar-refractivity contribution >= 4 is 35.0 Å². The molecule has 2 aliphatic heterocycles. The fourth-order valence-electron chi connectivity index (χ4n) is 4.15. The first kappa shape index (κ1) is 19.7. The maximum absolute atomic E-state index is 12.7. The fraction of sp³-hybridized carbons (Fsp3) is 0.167. The quantitative estimate of drug-likeness (QED) is 0.643. The minimum Gasteiger partial charge on any atom is -0.459 e. The second-order valence-corrected chi connectivity index (χ2v) is 7.67. The van der Waals surface area contributed by atoms with E-state index in [9.17, 15) is 19.2 Å². The average Bonchev–Trinajstić information content (AvgIpc) is 3.42. The summed E-state index contributed by atoms with van der Waals surface area (Å²) in [5.41, 5.74) is 2.85. The summed E-state index contributed by atoms with van der Waals surface area (Å²) in [6, 6.07) is 15.1. The molecule has 1 aromatic heterocycles. The summed E-state index contributed by atoms with van der Waals surface area (Å²) in [5, 5.41) is 2.75. The van der Waals surface area contributed by atoms with Crippen molar-refractivity contribution in [2.24, 2.45) is 0 Å². The second-order valence-electron chi connectivity index (χ2n) is 7.67. The van der Waals surface area contributed by atoms with E-state index in [1.807, 2.05) is 6.07 Å². The van der Waals surface area contributed by atoms with Crippen LogP contribution < -0.4 is 10.2 Å². The van der Waals surface area contributed by atoms with E-state index in [2.05, 4.69) is 5.32 Å². The molecule has 0 aliphatic carbocycles. The van der Waals surface area contributed by atoms with Crippen molar-refractivity contribution in [2.75, 3.05) is 23.3 Å². The Balaban J connectivity index is 1.30. The number of rotatable bonds is 4. The van der Waals surface area contributed by atoms with E-state index < -0.39 is 17.7 Å². The predicted molar refractivity (Wildman–Crippen MR) is 116 cm³/mol. The molecule has 4 amide bonds. The van der Waals surface area contributed by atoms with Gasteiger partial charge in [-0.25, -0.2) is 0 Å². The van der Waals surface area contributed by atoms with Gasteiger partial charge in [-0.3, -0.25) is 24.1 Å². The number of amides is 4. The van der Waals surface area contributed by atoms with Crippen LogP contribution in [-0.4, -0.2) is 41.6 Å². The molecule has 160 valence electrons. The number of hydrogen-bond acceptors (Lipinski definition) is 5. The Morgan fingerprint density at radius 3 is 2.41 bits per heavy atom. The SMILES string of the molecule is O=C(CN1C(=O)c2ccccc2C1=O)Nc1ccc2c(c1)CCCN2C(=O)c1ccco1. The first-order chi connectivity index (χ1) is 15.5. The highest BCUT2D eigenvalue weighted by atomic mass is 16.3. The normalized spacial score (nSPS) is 14.9. The Labute approximate surface area is 183 Å². The Morgan fingerprint density at radius 1 is 0.969 bits per heavy atom. The van der Waals surface area contributed by atoms with E-state index in [4.69, 9.17) is 4.42 Å². The molecule has 8 heteroatoms. The number of imide groups is 1. The van der Waals surface area contributed by atoms with Crippen molar-refractivity contribution in [3.8, 4) is 0 Å². The molecule has 1 N–H and O–H groups in total. The molecule has 0 fully saturated rings. The third-order valence-electron chi connectivity index (χ3n) is 5.64. The van der Waals surface area contributed by atoms with Gasteiger partial charge in [0, 0.05) is 17.9 Å². The molecule has 0 saturated heterocycles. The highest BCUT2D eigenvalue weighted by molar-refractivity contribution is 6.22. The maximum atomic E-state index is 12.7. The van der Waals surface area contributed by atoms with Gasteiger partial charge in [-0.1, -0.05) is 12.1 Å². The number of fused-ring (bicyclic) bond motifs is 2. The molecule has 0 unspecified atom stereocenters. The van der Waals surface area contributed by atoms with Crippen molar-refractivity contribution in [3.63, 3.8) is 0 Å². The summed E-state index contributed by atoms with van der Waals surface area (Å²) in [6.45, 7) is 0.213. The summed E-state index contributed by atoms with van der Waals surface area (Å²) in [6.07, 6.45) is 3.01. The largest absolute Gasteiger partial charge is 0.459 e. The van der Waals surface area contributed by atoms with Gasteiger partial charge < -0.3 is 14.6 Å². The predicted octanol–water partition coefficient (Wildman–Crippen LogP) is 3.11. The minimum atomic E-state index is -0.474. The van der Waals surface area contributed by atoms with Crippen LogP contribution in [0.3, 0.4) is 0 Å². The van der Waals surface area contributed by atoms with Crippen LogP contribution in [0.1, 0.15) is 43.3 Å². The van der Waals surface area contributed by atoms with Crippen LogP contribution in [-0.2, 0) is 11.2 Å². The molecular weight excluding hydrogens is 410 g/mol. The first-order valence-corrected chi connectivity index (χ1v) is 10.3. The number of anilines is 2. The molecule has 3 aromatic rings. The highest BCUT2D eigenvalue weighted by Gasteiger charge is 2.36. The summed E-state index contributed by atoms with van der Waals surface area (Å²) in [5.74, 6) is -1.36.